The van der Waals surface area contributed by atoms with Crippen molar-refractivity contribution >= 4 is 34.4 Å². The molecule has 1 aliphatic carbocycles. The van der Waals surface area contributed by atoms with E-state index in [1.807, 2.05) is 35.0 Å². The third-order valence-corrected chi connectivity index (χ3v) is 5.39. The fourth-order valence-electron chi connectivity index (χ4n) is 3.83. The van der Waals surface area contributed by atoms with Gasteiger partial charge in [0.2, 0.25) is 5.91 Å². The Kier molecular flexibility index (Phi) is 5.33. The molecule has 0 bridgehead atoms. The standard InChI is InChI=1S/C19H23ClN2O3/c20-15-5-4-14-6-9-22(16(14)10-15)12-17(23)21-13-19(11-18(24)25)7-2-1-3-8-19/h4-6,9-10H,1-3,7-8,11-13H2,(H,21,23)(H,24,25). The molecule has 1 aliphatic rings. The minimum absolute atomic E-state index is 0.104. The van der Waals surface area contributed by atoms with Crippen molar-refractivity contribution in [2.75, 3.05) is 6.54 Å². The zero-order chi connectivity index (χ0) is 17.9. The highest BCUT2D eigenvalue weighted by atomic mass is 35.5. The van der Waals surface area contributed by atoms with E-state index in [9.17, 15) is 14.7 Å². The number of benzene rings is 1. The highest BCUT2D eigenvalue weighted by Crippen LogP contribution is 2.38. The maximum absolute atomic E-state index is 12.4. The van der Waals surface area contributed by atoms with Crippen molar-refractivity contribution in [2.24, 2.45) is 5.41 Å². The van der Waals surface area contributed by atoms with Crippen LogP contribution in [0.3, 0.4) is 0 Å². The Labute approximate surface area is 152 Å². The number of hydrogen-bond acceptors (Lipinski definition) is 2. The summed E-state index contributed by atoms with van der Waals surface area (Å²) >= 11 is 6.04. The molecule has 5 nitrogen and oxygen atoms in total. The number of carbonyl (C=O) groups excluding carboxylic acids is 1. The minimum Gasteiger partial charge on any atom is -0.481 e. The van der Waals surface area contributed by atoms with Gasteiger partial charge in [0, 0.05) is 23.3 Å². The number of fused-ring (bicyclic) bond motifs is 1. The van der Waals surface area contributed by atoms with Crippen molar-refractivity contribution in [3.8, 4) is 0 Å². The average molecular weight is 363 g/mol. The van der Waals surface area contributed by atoms with Gasteiger partial charge >= 0.3 is 5.97 Å². The lowest BCUT2D eigenvalue weighted by Crippen LogP contribution is -2.41. The van der Waals surface area contributed by atoms with Crippen molar-refractivity contribution in [1.29, 1.82) is 0 Å². The van der Waals surface area contributed by atoms with E-state index in [-0.39, 0.29) is 24.3 Å². The van der Waals surface area contributed by atoms with Crippen LogP contribution in [0.5, 0.6) is 0 Å². The highest BCUT2D eigenvalue weighted by molar-refractivity contribution is 6.31. The fourth-order valence-corrected chi connectivity index (χ4v) is 4.00. The number of aliphatic carboxylic acids is 1. The Bertz CT molecular complexity index is 778. The van der Waals surface area contributed by atoms with Gasteiger partial charge in [0.15, 0.2) is 0 Å². The second-order valence-corrected chi connectivity index (χ2v) is 7.49. The van der Waals surface area contributed by atoms with Gasteiger partial charge in [0.25, 0.3) is 0 Å². The van der Waals surface area contributed by atoms with Crippen molar-refractivity contribution in [3.05, 3.63) is 35.5 Å². The first-order chi connectivity index (χ1) is 12.0. The third kappa shape index (κ3) is 4.34. The lowest BCUT2D eigenvalue weighted by Gasteiger charge is -2.36. The monoisotopic (exact) mass is 362 g/mol. The zero-order valence-electron chi connectivity index (χ0n) is 14.1. The smallest absolute Gasteiger partial charge is 0.303 e. The molecule has 2 aromatic rings. The van der Waals surface area contributed by atoms with Crippen LogP contribution in [0.1, 0.15) is 38.5 Å². The first kappa shape index (κ1) is 17.8. The van der Waals surface area contributed by atoms with Gasteiger partial charge in [-0.3, -0.25) is 9.59 Å². The molecule has 1 saturated carbocycles. The van der Waals surface area contributed by atoms with E-state index in [1.165, 1.54) is 0 Å². The Morgan fingerprint density at radius 2 is 1.96 bits per heavy atom. The van der Waals surface area contributed by atoms with Crippen LogP contribution in [-0.2, 0) is 16.1 Å². The summed E-state index contributed by atoms with van der Waals surface area (Å²) in [5.41, 5.74) is 0.613. The number of amides is 1. The number of aromatic nitrogens is 1. The van der Waals surface area contributed by atoms with Gasteiger partial charge in [-0.2, -0.15) is 0 Å². The third-order valence-electron chi connectivity index (χ3n) is 5.15. The molecule has 0 atom stereocenters. The summed E-state index contributed by atoms with van der Waals surface area (Å²) in [4.78, 5) is 23.6. The van der Waals surface area contributed by atoms with Crippen LogP contribution in [-0.4, -0.2) is 28.1 Å². The molecule has 0 saturated heterocycles. The molecule has 0 spiro atoms. The summed E-state index contributed by atoms with van der Waals surface area (Å²) in [7, 11) is 0. The van der Waals surface area contributed by atoms with Crippen LogP contribution in [0.15, 0.2) is 30.5 Å². The summed E-state index contributed by atoms with van der Waals surface area (Å²) < 4.78 is 1.86. The lowest BCUT2D eigenvalue weighted by molar-refractivity contribution is -0.140. The summed E-state index contributed by atoms with van der Waals surface area (Å²) in [6, 6.07) is 7.55. The van der Waals surface area contributed by atoms with E-state index in [2.05, 4.69) is 5.32 Å². The molecular formula is C19H23ClN2O3. The van der Waals surface area contributed by atoms with Crippen molar-refractivity contribution in [2.45, 2.75) is 45.1 Å². The summed E-state index contributed by atoms with van der Waals surface area (Å²) in [5, 5.41) is 13.8. The van der Waals surface area contributed by atoms with Crippen molar-refractivity contribution in [3.63, 3.8) is 0 Å². The summed E-state index contributed by atoms with van der Waals surface area (Å²) in [5.74, 6) is -0.894. The topological polar surface area (TPSA) is 71.3 Å². The molecule has 1 aromatic heterocycles. The number of carboxylic acids is 1. The van der Waals surface area contributed by atoms with E-state index in [0.717, 1.165) is 43.0 Å². The van der Waals surface area contributed by atoms with Gasteiger partial charge in [-0.25, -0.2) is 0 Å². The Morgan fingerprint density at radius 1 is 1.20 bits per heavy atom. The predicted octanol–water partition coefficient (Wildman–Crippen LogP) is 3.84. The maximum Gasteiger partial charge on any atom is 0.303 e. The molecule has 2 N–H and O–H groups in total. The summed E-state index contributed by atoms with van der Waals surface area (Å²) in [6.07, 6.45) is 6.92. The number of halogens is 1. The largest absolute Gasteiger partial charge is 0.481 e. The number of rotatable bonds is 6. The fraction of sp³-hybridized carbons (Fsp3) is 0.474. The molecule has 134 valence electrons. The molecular weight excluding hydrogens is 340 g/mol. The van der Waals surface area contributed by atoms with E-state index in [0.29, 0.717) is 11.6 Å². The van der Waals surface area contributed by atoms with Gasteiger partial charge in [-0.1, -0.05) is 36.9 Å². The number of nitrogens with zero attached hydrogens (tertiary/aromatic N) is 1. The maximum atomic E-state index is 12.4. The summed E-state index contributed by atoms with van der Waals surface area (Å²) in [6.45, 7) is 0.630. The van der Waals surface area contributed by atoms with Gasteiger partial charge in [-0.05, 0) is 41.8 Å². The van der Waals surface area contributed by atoms with Crippen LogP contribution in [0.25, 0.3) is 10.9 Å². The van der Waals surface area contributed by atoms with Gasteiger partial charge in [0.05, 0.1) is 6.42 Å². The van der Waals surface area contributed by atoms with Gasteiger partial charge in [-0.15, -0.1) is 0 Å². The van der Waals surface area contributed by atoms with Crippen LogP contribution >= 0.6 is 11.6 Å². The Balaban J connectivity index is 1.64. The number of carbonyl (C=O) groups is 2. The quantitative estimate of drug-likeness (QED) is 0.820. The van der Waals surface area contributed by atoms with E-state index in [1.54, 1.807) is 0 Å². The first-order valence-corrected chi connectivity index (χ1v) is 9.08. The molecule has 1 fully saturated rings. The molecule has 0 unspecified atom stereocenters. The molecule has 25 heavy (non-hydrogen) atoms. The highest BCUT2D eigenvalue weighted by Gasteiger charge is 2.34. The number of nitrogens with one attached hydrogen (secondary N) is 1. The SMILES string of the molecule is O=C(O)CC1(CNC(=O)Cn2ccc3ccc(Cl)cc32)CCCCC1. The Hall–Kier alpha value is -2.01. The zero-order valence-corrected chi connectivity index (χ0v) is 14.9. The van der Waals surface area contributed by atoms with Crippen LogP contribution in [0.2, 0.25) is 5.02 Å². The minimum atomic E-state index is -0.790. The second-order valence-electron chi connectivity index (χ2n) is 7.05. The molecule has 0 radical (unpaired) electrons. The molecule has 0 aliphatic heterocycles. The average Bonchev–Trinajstić information content (AvgIpc) is 2.95. The van der Waals surface area contributed by atoms with E-state index < -0.39 is 5.97 Å². The van der Waals surface area contributed by atoms with Gasteiger partial charge in [0.1, 0.15) is 6.54 Å². The van der Waals surface area contributed by atoms with Crippen LogP contribution in [0, 0.1) is 5.41 Å². The predicted molar refractivity (Wildman–Crippen MR) is 97.7 cm³/mol. The van der Waals surface area contributed by atoms with Gasteiger partial charge < -0.3 is 15.0 Å². The first-order valence-electron chi connectivity index (χ1n) is 8.70. The van der Waals surface area contributed by atoms with Crippen molar-refractivity contribution in [1.82, 2.24) is 9.88 Å². The number of carboxylic acid groups (broad SMARTS) is 1. The van der Waals surface area contributed by atoms with Crippen LogP contribution in [0.4, 0.5) is 0 Å². The molecule has 1 aromatic carbocycles. The second kappa shape index (κ2) is 7.48. The van der Waals surface area contributed by atoms with Crippen LogP contribution < -0.4 is 5.32 Å². The molecule has 6 heteroatoms. The Morgan fingerprint density at radius 3 is 2.68 bits per heavy atom. The van der Waals surface area contributed by atoms with E-state index >= 15 is 0 Å². The van der Waals surface area contributed by atoms with E-state index in [4.69, 9.17) is 11.6 Å². The molecule has 1 heterocycles. The molecule has 1 amide bonds. The number of hydrogen-bond donors (Lipinski definition) is 2. The normalized spacial score (nSPS) is 16.7. The van der Waals surface area contributed by atoms with Crippen molar-refractivity contribution < 1.29 is 14.7 Å². The molecule has 3 rings (SSSR count). The lowest BCUT2D eigenvalue weighted by atomic mass is 9.71.